The highest BCUT2D eigenvalue weighted by Crippen LogP contribution is 2.32. The highest BCUT2D eigenvalue weighted by molar-refractivity contribution is 7.99. The number of ether oxygens (including phenoxy) is 1. The summed E-state index contributed by atoms with van der Waals surface area (Å²) in [6.07, 6.45) is 5.62. The first-order valence-corrected chi connectivity index (χ1v) is 12.6. The van der Waals surface area contributed by atoms with Gasteiger partial charge in [0.25, 0.3) is 0 Å². The Kier molecular flexibility index (Phi) is 6.81. The summed E-state index contributed by atoms with van der Waals surface area (Å²) in [5, 5.41) is 9.63. The molecule has 2 aromatic heterocycles. The van der Waals surface area contributed by atoms with Gasteiger partial charge in [0, 0.05) is 30.5 Å². The minimum atomic E-state index is 0.107. The lowest BCUT2D eigenvalue weighted by molar-refractivity contribution is -0.129. The molecule has 7 nitrogen and oxygen atoms in total. The summed E-state index contributed by atoms with van der Waals surface area (Å²) in [5.74, 6) is 1.92. The molecule has 0 atom stereocenters. The zero-order valence-corrected chi connectivity index (χ0v) is 20.6. The first-order valence-electron chi connectivity index (χ1n) is 11.6. The van der Waals surface area contributed by atoms with Crippen LogP contribution in [0.5, 0.6) is 5.75 Å². The highest BCUT2D eigenvalue weighted by Gasteiger charge is 2.32. The van der Waals surface area contributed by atoms with Gasteiger partial charge in [0.2, 0.25) is 5.91 Å². The lowest BCUT2D eigenvalue weighted by Crippen LogP contribution is -2.34. The molecule has 0 spiro atoms. The Morgan fingerprint density at radius 2 is 1.89 bits per heavy atom. The van der Waals surface area contributed by atoms with Gasteiger partial charge in [-0.1, -0.05) is 42.1 Å². The number of hydrogen-bond donors (Lipinski definition) is 0. The number of aryl methyl sites for hydroxylation is 1. The van der Waals surface area contributed by atoms with Crippen molar-refractivity contribution in [3.8, 4) is 22.8 Å². The molecule has 5 rings (SSSR count). The van der Waals surface area contributed by atoms with E-state index in [0.29, 0.717) is 29.3 Å². The second kappa shape index (κ2) is 10.3. The lowest BCUT2D eigenvalue weighted by Gasteiger charge is -2.22. The summed E-state index contributed by atoms with van der Waals surface area (Å²) in [7, 11) is 1.65. The molecular formula is C27H27N5O2S. The number of carbonyl (C=O) groups excluding carboxylic acids is 1. The number of para-hydroxylation sites is 1. The molecule has 35 heavy (non-hydrogen) atoms. The van der Waals surface area contributed by atoms with Crippen molar-refractivity contribution in [1.29, 1.82) is 0 Å². The lowest BCUT2D eigenvalue weighted by atomic mass is 10.2. The van der Waals surface area contributed by atoms with Crippen molar-refractivity contribution in [2.24, 2.45) is 0 Å². The normalized spacial score (nSPS) is 13.0. The number of hydrogen-bond acceptors (Lipinski definition) is 6. The zero-order valence-electron chi connectivity index (χ0n) is 19.8. The van der Waals surface area contributed by atoms with Crippen LogP contribution in [0.15, 0.2) is 78.2 Å². The Bertz CT molecular complexity index is 1300. The standard InChI is InChI=1S/C27H27N5O2S/c1-19-6-3-4-8-24(19)32-26(21-7-5-15-28-16-21)29-30-27(32)35-18-25(33)31(22-11-12-22)17-20-9-13-23(34-2)14-10-20/h3-10,13-16,22H,11-12,17-18H2,1-2H3. The molecule has 0 radical (unpaired) electrons. The van der Waals surface area contributed by atoms with Crippen LogP contribution in [-0.4, -0.2) is 49.5 Å². The maximum absolute atomic E-state index is 13.3. The van der Waals surface area contributed by atoms with E-state index in [2.05, 4.69) is 28.2 Å². The molecule has 1 saturated carbocycles. The second-order valence-electron chi connectivity index (χ2n) is 8.56. The van der Waals surface area contributed by atoms with Gasteiger partial charge >= 0.3 is 0 Å². The summed E-state index contributed by atoms with van der Waals surface area (Å²) < 4.78 is 7.28. The van der Waals surface area contributed by atoms with Crippen LogP contribution in [0, 0.1) is 6.92 Å². The minimum Gasteiger partial charge on any atom is -0.497 e. The van der Waals surface area contributed by atoms with Crippen LogP contribution in [0.25, 0.3) is 17.1 Å². The molecule has 1 amide bonds. The summed E-state index contributed by atoms with van der Waals surface area (Å²) in [6, 6.07) is 20.2. The number of aromatic nitrogens is 4. The quantitative estimate of drug-likeness (QED) is 0.313. The van der Waals surface area contributed by atoms with Gasteiger partial charge in [-0.2, -0.15) is 0 Å². The number of thioether (sulfide) groups is 1. The van der Waals surface area contributed by atoms with Crippen LogP contribution >= 0.6 is 11.8 Å². The van der Waals surface area contributed by atoms with Crippen LogP contribution in [0.3, 0.4) is 0 Å². The van der Waals surface area contributed by atoms with E-state index in [1.54, 1.807) is 19.5 Å². The van der Waals surface area contributed by atoms with Crippen LogP contribution < -0.4 is 4.74 Å². The molecule has 8 heteroatoms. The molecule has 0 saturated heterocycles. The molecule has 0 N–H and O–H groups in total. The summed E-state index contributed by atoms with van der Waals surface area (Å²) in [6.45, 7) is 2.66. The molecule has 0 bridgehead atoms. The number of nitrogens with zero attached hydrogens (tertiary/aromatic N) is 5. The van der Waals surface area contributed by atoms with Crippen molar-refractivity contribution in [2.45, 2.75) is 37.5 Å². The van der Waals surface area contributed by atoms with E-state index in [1.807, 2.05) is 64.1 Å². The monoisotopic (exact) mass is 485 g/mol. The molecule has 1 aliphatic rings. The fraction of sp³-hybridized carbons (Fsp3) is 0.259. The SMILES string of the molecule is COc1ccc(CN(C(=O)CSc2nnc(-c3cccnc3)n2-c2ccccc2C)C2CC2)cc1. The second-order valence-corrected chi connectivity index (χ2v) is 9.50. The zero-order chi connectivity index (χ0) is 24.2. The van der Waals surface area contributed by atoms with Gasteiger partial charge < -0.3 is 9.64 Å². The van der Waals surface area contributed by atoms with Gasteiger partial charge in [-0.25, -0.2) is 0 Å². The number of benzene rings is 2. The van der Waals surface area contributed by atoms with Gasteiger partial charge in [0.1, 0.15) is 5.75 Å². The molecule has 2 aromatic carbocycles. The number of rotatable bonds is 9. The van der Waals surface area contributed by atoms with E-state index in [1.165, 1.54) is 11.8 Å². The van der Waals surface area contributed by atoms with Crippen molar-refractivity contribution < 1.29 is 9.53 Å². The van der Waals surface area contributed by atoms with E-state index in [9.17, 15) is 4.79 Å². The van der Waals surface area contributed by atoms with E-state index in [4.69, 9.17) is 4.74 Å². The highest BCUT2D eigenvalue weighted by atomic mass is 32.2. The van der Waals surface area contributed by atoms with Crippen molar-refractivity contribution in [3.05, 3.63) is 84.2 Å². The molecule has 2 heterocycles. The Balaban J connectivity index is 1.38. The van der Waals surface area contributed by atoms with Crippen molar-refractivity contribution in [1.82, 2.24) is 24.6 Å². The average Bonchev–Trinajstić information content (AvgIpc) is 3.66. The Morgan fingerprint density at radius 3 is 2.57 bits per heavy atom. The Hall–Kier alpha value is -3.65. The van der Waals surface area contributed by atoms with Crippen LogP contribution in [0.2, 0.25) is 0 Å². The van der Waals surface area contributed by atoms with Gasteiger partial charge in [-0.15, -0.1) is 10.2 Å². The summed E-state index contributed by atoms with van der Waals surface area (Å²) in [4.78, 5) is 19.6. The predicted molar refractivity (Wildman–Crippen MR) is 137 cm³/mol. The van der Waals surface area contributed by atoms with E-state index in [0.717, 1.165) is 41.0 Å². The van der Waals surface area contributed by atoms with Gasteiger partial charge in [0.05, 0.1) is 18.6 Å². The molecule has 1 aliphatic carbocycles. The molecule has 0 aliphatic heterocycles. The topological polar surface area (TPSA) is 73.1 Å². The summed E-state index contributed by atoms with van der Waals surface area (Å²) in [5.41, 5.74) is 4.06. The predicted octanol–water partition coefficient (Wildman–Crippen LogP) is 4.93. The minimum absolute atomic E-state index is 0.107. The summed E-state index contributed by atoms with van der Waals surface area (Å²) >= 11 is 1.42. The molecule has 1 fully saturated rings. The van der Waals surface area contributed by atoms with Gasteiger partial charge in [0.15, 0.2) is 11.0 Å². The third-order valence-electron chi connectivity index (χ3n) is 6.05. The molecule has 4 aromatic rings. The fourth-order valence-corrected chi connectivity index (χ4v) is 4.85. The molecular weight excluding hydrogens is 458 g/mol. The smallest absolute Gasteiger partial charge is 0.233 e. The largest absolute Gasteiger partial charge is 0.497 e. The molecule has 0 unspecified atom stereocenters. The number of carbonyl (C=O) groups is 1. The fourth-order valence-electron chi connectivity index (χ4n) is 4.02. The van der Waals surface area contributed by atoms with Crippen molar-refractivity contribution >= 4 is 17.7 Å². The third kappa shape index (κ3) is 5.22. The average molecular weight is 486 g/mol. The van der Waals surface area contributed by atoms with E-state index >= 15 is 0 Å². The van der Waals surface area contributed by atoms with E-state index < -0.39 is 0 Å². The number of pyridine rings is 1. The van der Waals surface area contributed by atoms with Gasteiger partial charge in [-0.3, -0.25) is 14.3 Å². The Morgan fingerprint density at radius 1 is 1.09 bits per heavy atom. The van der Waals surface area contributed by atoms with Crippen LogP contribution in [0.4, 0.5) is 0 Å². The number of amides is 1. The van der Waals surface area contributed by atoms with Crippen molar-refractivity contribution in [2.75, 3.05) is 12.9 Å². The van der Waals surface area contributed by atoms with Crippen LogP contribution in [-0.2, 0) is 11.3 Å². The maximum atomic E-state index is 13.3. The van der Waals surface area contributed by atoms with Crippen LogP contribution in [0.1, 0.15) is 24.0 Å². The number of methoxy groups -OCH3 is 1. The third-order valence-corrected chi connectivity index (χ3v) is 6.97. The van der Waals surface area contributed by atoms with E-state index in [-0.39, 0.29) is 5.91 Å². The molecule has 178 valence electrons. The van der Waals surface area contributed by atoms with Crippen molar-refractivity contribution in [3.63, 3.8) is 0 Å². The first kappa shape index (κ1) is 23.1. The Labute approximate surface area is 209 Å². The van der Waals surface area contributed by atoms with Gasteiger partial charge in [-0.05, 0) is 61.2 Å². The maximum Gasteiger partial charge on any atom is 0.233 e. The first-order chi connectivity index (χ1) is 17.1.